The van der Waals surface area contributed by atoms with Crippen LogP contribution in [-0.2, 0) is 9.59 Å². The van der Waals surface area contributed by atoms with E-state index < -0.39 is 17.1 Å². The number of hydrogen-bond donors (Lipinski definition) is 3. The molecule has 0 spiro atoms. The van der Waals surface area contributed by atoms with Gasteiger partial charge >= 0.3 is 0 Å². The second-order valence-corrected chi connectivity index (χ2v) is 9.77. The molecule has 0 saturated heterocycles. The van der Waals surface area contributed by atoms with Crippen LogP contribution in [0.1, 0.15) is 23.0 Å². The lowest BCUT2D eigenvalue weighted by Gasteiger charge is -2.14. The van der Waals surface area contributed by atoms with Crippen molar-refractivity contribution in [2.45, 2.75) is 17.1 Å². The lowest BCUT2D eigenvalue weighted by Crippen LogP contribution is -2.30. The number of carbonyl (C=O) groups excluding carboxylic acids is 3. The largest absolute Gasteiger partial charge is 0.497 e. The monoisotopic (exact) mass is 541 g/mol. The van der Waals surface area contributed by atoms with Crippen LogP contribution in [0.2, 0.25) is 0 Å². The van der Waals surface area contributed by atoms with Crippen LogP contribution in [0, 0.1) is 0 Å². The fourth-order valence-electron chi connectivity index (χ4n) is 3.51. The van der Waals surface area contributed by atoms with Gasteiger partial charge in [-0.3, -0.25) is 14.4 Å². The van der Waals surface area contributed by atoms with Crippen LogP contribution in [-0.4, -0.2) is 30.1 Å². The molecule has 4 rings (SSSR count). The van der Waals surface area contributed by atoms with E-state index in [0.717, 1.165) is 4.90 Å². The minimum atomic E-state index is -0.526. The summed E-state index contributed by atoms with van der Waals surface area (Å²) < 4.78 is 10.5. The predicted molar refractivity (Wildman–Crippen MR) is 153 cm³/mol. The minimum Gasteiger partial charge on any atom is -0.497 e. The Morgan fingerprint density at radius 2 is 1.62 bits per heavy atom. The van der Waals surface area contributed by atoms with Crippen molar-refractivity contribution in [2.24, 2.45) is 0 Å². The molecule has 0 bridgehead atoms. The van der Waals surface area contributed by atoms with E-state index in [2.05, 4.69) is 16.0 Å². The van der Waals surface area contributed by atoms with Crippen LogP contribution in [0.15, 0.2) is 112 Å². The third kappa shape index (κ3) is 7.86. The van der Waals surface area contributed by atoms with E-state index in [0.29, 0.717) is 28.4 Å². The molecule has 9 heteroatoms. The van der Waals surface area contributed by atoms with Gasteiger partial charge in [0.1, 0.15) is 17.2 Å². The topological polar surface area (TPSA) is 110 Å². The molecule has 3 N–H and O–H groups in total. The summed E-state index contributed by atoms with van der Waals surface area (Å²) in [7, 11) is 1.57. The Kier molecular flexibility index (Phi) is 9.20. The van der Waals surface area contributed by atoms with Gasteiger partial charge in [0.25, 0.3) is 11.8 Å². The summed E-state index contributed by atoms with van der Waals surface area (Å²) in [4.78, 5) is 39.4. The molecule has 0 fully saturated rings. The lowest BCUT2D eigenvalue weighted by atomic mass is 10.2. The third-order valence-electron chi connectivity index (χ3n) is 5.47. The Labute approximate surface area is 230 Å². The average molecular weight is 542 g/mol. The van der Waals surface area contributed by atoms with Crippen LogP contribution in [0.3, 0.4) is 0 Å². The highest BCUT2D eigenvalue weighted by Gasteiger charge is 2.18. The van der Waals surface area contributed by atoms with E-state index in [9.17, 15) is 14.4 Å². The predicted octanol–water partition coefficient (Wildman–Crippen LogP) is 5.82. The SMILES string of the molecule is COc1cccc(NC(=O)C(C)Sc2cccc(NC(=O)/C(=C/c3ccco3)NC(=O)c3ccccc3)c2)c1. The van der Waals surface area contributed by atoms with Gasteiger partial charge < -0.3 is 25.1 Å². The Hall–Kier alpha value is -4.76. The highest BCUT2D eigenvalue weighted by Crippen LogP contribution is 2.27. The summed E-state index contributed by atoms with van der Waals surface area (Å²) in [6.07, 6.45) is 2.94. The minimum absolute atomic E-state index is 0.0166. The van der Waals surface area contributed by atoms with Gasteiger partial charge in [-0.25, -0.2) is 0 Å². The van der Waals surface area contributed by atoms with Crippen LogP contribution >= 0.6 is 11.8 Å². The Morgan fingerprint density at radius 1 is 0.872 bits per heavy atom. The summed E-state index contributed by atoms with van der Waals surface area (Å²) in [5, 5.41) is 7.95. The highest BCUT2D eigenvalue weighted by molar-refractivity contribution is 8.00. The van der Waals surface area contributed by atoms with Crippen molar-refractivity contribution < 1.29 is 23.5 Å². The number of nitrogens with one attached hydrogen (secondary N) is 3. The summed E-state index contributed by atoms with van der Waals surface area (Å²) in [5.41, 5.74) is 1.57. The maximum Gasteiger partial charge on any atom is 0.272 e. The van der Waals surface area contributed by atoms with Gasteiger partial charge in [0.05, 0.1) is 18.6 Å². The standard InChI is InChI=1S/C30H27N3O5S/c1-20(28(34)31-22-11-6-13-24(17-22)37-2)39-26-15-7-12-23(18-26)32-30(36)27(19-25-14-8-16-38-25)33-29(35)21-9-4-3-5-10-21/h3-20H,1-2H3,(H,31,34)(H,32,36)(H,33,35)/b27-19-. The molecule has 3 aromatic carbocycles. The van der Waals surface area contributed by atoms with Crippen molar-refractivity contribution in [2.75, 3.05) is 17.7 Å². The van der Waals surface area contributed by atoms with Crippen molar-refractivity contribution in [1.82, 2.24) is 5.32 Å². The van der Waals surface area contributed by atoms with E-state index in [-0.39, 0.29) is 11.6 Å². The second-order valence-electron chi connectivity index (χ2n) is 8.36. The first-order chi connectivity index (χ1) is 18.9. The number of benzene rings is 3. The fraction of sp³-hybridized carbons (Fsp3) is 0.100. The highest BCUT2D eigenvalue weighted by atomic mass is 32.2. The first-order valence-electron chi connectivity index (χ1n) is 12.1. The van der Waals surface area contributed by atoms with Crippen LogP contribution in [0.4, 0.5) is 11.4 Å². The van der Waals surface area contributed by atoms with Gasteiger partial charge in [-0.1, -0.05) is 30.3 Å². The van der Waals surface area contributed by atoms with Crippen molar-refractivity contribution in [3.63, 3.8) is 0 Å². The first-order valence-corrected chi connectivity index (χ1v) is 12.9. The van der Waals surface area contributed by atoms with Gasteiger partial charge in [0.15, 0.2) is 0 Å². The summed E-state index contributed by atoms with van der Waals surface area (Å²) in [6, 6.07) is 26.2. The number of ether oxygens (including phenoxy) is 1. The molecule has 1 atom stereocenters. The molecule has 3 amide bonds. The smallest absolute Gasteiger partial charge is 0.272 e. The normalized spacial score (nSPS) is 11.8. The van der Waals surface area contributed by atoms with Crippen molar-refractivity contribution in [3.05, 3.63) is 114 Å². The molecule has 1 heterocycles. The number of furan rings is 1. The maximum absolute atomic E-state index is 13.2. The number of thioether (sulfide) groups is 1. The Morgan fingerprint density at radius 3 is 2.33 bits per heavy atom. The molecule has 39 heavy (non-hydrogen) atoms. The number of carbonyl (C=O) groups is 3. The molecule has 4 aromatic rings. The quantitative estimate of drug-likeness (QED) is 0.173. The van der Waals surface area contributed by atoms with Crippen LogP contribution in [0.25, 0.3) is 6.08 Å². The molecule has 0 saturated carbocycles. The molecule has 0 aliphatic heterocycles. The number of methoxy groups -OCH3 is 1. The number of anilines is 2. The molecule has 8 nitrogen and oxygen atoms in total. The number of hydrogen-bond acceptors (Lipinski definition) is 6. The molecular weight excluding hydrogens is 514 g/mol. The van der Waals surface area contributed by atoms with Gasteiger partial charge in [-0.15, -0.1) is 11.8 Å². The van der Waals surface area contributed by atoms with Gasteiger partial charge in [0.2, 0.25) is 5.91 Å². The third-order valence-corrected chi connectivity index (χ3v) is 6.56. The second kappa shape index (κ2) is 13.2. The zero-order valence-electron chi connectivity index (χ0n) is 21.3. The summed E-state index contributed by atoms with van der Waals surface area (Å²) >= 11 is 1.35. The van der Waals surface area contributed by atoms with Crippen molar-refractivity contribution in [1.29, 1.82) is 0 Å². The Balaban J connectivity index is 1.43. The number of amides is 3. The van der Waals surface area contributed by atoms with Crippen molar-refractivity contribution in [3.8, 4) is 5.75 Å². The van der Waals surface area contributed by atoms with Gasteiger partial charge in [-0.05, 0) is 61.5 Å². The molecule has 0 radical (unpaired) electrons. The summed E-state index contributed by atoms with van der Waals surface area (Å²) in [6.45, 7) is 1.80. The van der Waals surface area contributed by atoms with Crippen LogP contribution < -0.4 is 20.7 Å². The fourth-order valence-corrected chi connectivity index (χ4v) is 4.43. The van der Waals surface area contributed by atoms with Crippen LogP contribution in [0.5, 0.6) is 5.75 Å². The zero-order valence-corrected chi connectivity index (χ0v) is 22.2. The van der Waals surface area contributed by atoms with Crippen molar-refractivity contribution >= 4 is 46.9 Å². The number of rotatable bonds is 10. The molecule has 0 aliphatic carbocycles. The van der Waals surface area contributed by atoms with Gasteiger partial charge in [0, 0.05) is 34.0 Å². The van der Waals surface area contributed by atoms with E-state index in [4.69, 9.17) is 9.15 Å². The molecular formula is C30H27N3O5S. The lowest BCUT2D eigenvalue weighted by molar-refractivity contribution is -0.115. The molecule has 1 unspecified atom stereocenters. The van der Waals surface area contributed by atoms with E-state index in [1.54, 1.807) is 99.0 Å². The van der Waals surface area contributed by atoms with E-state index >= 15 is 0 Å². The Bertz CT molecular complexity index is 1470. The zero-order chi connectivity index (χ0) is 27.6. The van der Waals surface area contributed by atoms with Gasteiger partial charge in [-0.2, -0.15) is 0 Å². The molecule has 198 valence electrons. The summed E-state index contributed by atoms with van der Waals surface area (Å²) in [5.74, 6) is -0.0639. The molecule has 0 aliphatic rings. The molecule has 1 aromatic heterocycles. The maximum atomic E-state index is 13.2. The average Bonchev–Trinajstić information content (AvgIpc) is 3.46. The van der Waals surface area contributed by atoms with E-state index in [1.165, 1.54) is 24.1 Å². The first kappa shape index (κ1) is 27.3. The van der Waals surface area contributed by atoms with E-state index in [1.807, 2.05) is 6.07 Å².